The maximum absolute atomic E-state index is 13.2. The summed E-state index contributed by atoms with van der Waals surface area (Å²) in [6.45, 7) is 5.28. The van der Waals surface area contributed by atoms with E-state index in [0.717, 1.165) is 23.1 Å². The van der Waals surface area contributed by atoms with E-state index in [1.165, 1.54) is 13.2 Å². The molecule has 0 atom stereocenters. The molecule has 2 aromatic heterocycles. The van der Waals surface area contributed by atoms with E-state index in [2.05, 4.69) is 5.10 Å². The van der Waals surface area contributed by atoms with Gasteiger partial charge in [0, 0.05) is 56.6 Å². The second kappa shape index (κ2) is 10.8. The predicted molar refractivity (Wildman–Crippen MR) is 135 cm³/mol. The first-order chi connectivity index (χ1) is 17.3. The number of carbonyl (C=O) groups excluding carboxylic acids is 2. The molecule has 0 unspecified atom stereocenters. The smallest absolute Gasteiger partial charge is 0.343 e. The summed E-state index contributed by atoms with van der Waals surface area (Å²) in [5.74, 6) is -0.428. The number of amides is 1. The minimum absolute atomic E-state index is 0.0888. The summed E-state index contributed by atoms with van der Waals surface area (Å²) < 4.78 is 14.3. The number of hydrogen-bond acceptors (Lipinski definition) is 6. The highest BCUT2D eigenvalue weighted by Gasteiger charge is 2.28. The third-order valence-corrected chi connectivity index (χ3v) is 6.36. The Balaban J connectivity index is 1.55. The zero-order valence-electron chi connectivity index (χ0n) is 21.2. The van der Waals surface area contributed by atoms with Gasteiger partial charge in [0.15, 0.2) is 0 Å². The van der Waals surface area contributed by atoms with E-state index >= 15 is 0 Å². The zero-order valence-corrected chi connectivity index (χ0v) is 21.2. The van der Waals surface area contributed by atoms with E-state index in [1.807, 2.05) is 45.3 Å². The van der Waals surface area contributed by atoms with Crippen molar-refractivity contribution in [3.63, 3.8) is 0 Å². The fraction of sp³-hybridized carbons (Fsp3) is 0.407. The number of fused-ring (bicyclic) bond motifs is 1. The van der Waals surface area contributed by atoms with Gasteiger partial charge in [0.05, 0.1) is 19.9 Å². The van der Waals surface area contributed by atoms with Crippen molar-refractivity contribution < 1.29 is 19.1 Å². The Hall–Kier alpha value is -3.88. The van der Waals surface area contributed by atoms with Crippen LogP contribution in [0.4, 0.5) is 0 Å². The SMILES string of the molecule is COC(=O)c1c(OCCCc2cnn(C)c2)cc(=O)n2c1CCN(C(=O)c1cc(C)cc(C)c1)CC2. The van der Waals surface area contributed by atoms with Crippen LogP contribution in [0.2, 0.25) is 0 Å². The Bertz CT molecular complexity index is 1320. The van der Waals surface area contributed by atoms with E-state index in [9.17, 15) is 14.4 Å². The fourth-order valence-corrected chi connectivity index (χ4v) is 4.73. The van der Waals surface area contributed by atoms with Gasteiger partial charge in [0.25, 0.3) is 11.5 Å². The molecule has 1 aliphatic rings. The van der Waals surface area contributed by atoms with Gasteiger partial charge in [-0.3, -0.25) is 14.3 Å². The normalized spacial score (nSPS) is 13.2. The first-order valence-electron chi connectivity index (χ1n) is 12.1. The third kappa shape index (κ3) is 5.50. The molecule has 0 spiro atoms. The summed E-state index contributed by atoms with van der Waals surface area (Å²) in [7, 11) is 3.17. The Morgan fingerprint density at radius 2 is 1.81 bits per heavy atom. The number of benzene rings is 1. The molecule has 3 aromatic rings. The lowest BCUT2D eigenvalue weighted by Crippen LogP contribution is -2.34. The van der Waals surface area contributed by atoms with Crippen LogP contribution in [0.25, 0.3) is 0 Å². The molecule has 3 heterocycles. The standard InChI is InChI=1S/C27H32N4O5/c1-18-12-19(2)14-21(13-18)26(33)30-8-7-22-25(27(34)35-4)23(15-24(32)31(22)10-9-30)36-11-5-6-20-16-28-29(3)17-20/h12-17H,5-11H2,1-4H3. The summed E-state index contributed by atoms with van der Waals surface area (Å²) in [6.07, 6.45) is 5.55. The predicted octanol–water partition coefficient (Wildman–Crippen LogP) is 2.70. The van der Waals surface area contributed by atoms with Crippen LogP contribution >= 0.6 is 0 Å². The first-order valence-corrected chi connectivity index (χ1v) is 12.1. The molecule has 4 rings (SSSR count). The highest BCUT2D eigenvalue weighted by molar-refractivity contribution is 5.95. The van der Waals surface area contributed by atoms with Crippen molar-refractivity contribution in [1.82, 2.24) is 19.2 Å². The van der Waals surface area contributed by atoms with Crippen molar-refractivity contribution >= 4 is 11.9 Å². The molecule has 1 amide bonds. The molecule has 36 heavy (non-hydrogen) atoms. The molecule has 0 bridgehead atoms. The van der Waals surface area contributed by atoms with Crippen LogP contribution in [0, 0.1) is 13.8 Å². The number of rotatable bonds is 7. The molecule has 0 saturated heterocycles. The van der Waals surface area contributed by atoms with E-state index < -0.39 is 5.97 Å². The summed E-state index contributed by atoms with van der Waals surface area (Å²) >= 11 is 0. The number of pyridine rings is 1. The van der Waals surface area contributed by atoms with Crippen molar-refractivity contribution in [3.8, 4) is 5.75 Å². The molecular formula is C27H32N4O5. The lowest BCUT2D eigenvalue weighted by atomic mass is 10.1. The Labute approximate surface area is 210 Å². The number of methoxy groups -OCH3 is 1. The number of hydrogen-bond donors (Lipinski definition) is 0. The summed E-state index contributed by atoms with van der Waals surface area (Å²) in [6, 6.07) is 7.12. The molecule has 0 fully saturated rings. The van der Waals surface area contributed by atoms with Crippen LogP contribution in [-0.2, 0) is 31.2 Å². The topological polar surface area (TPSA) is 95.7 Å². The molecule has 0 radical (unpaired) electrons. The van der Waals surface area contributed by atoms with Gasteiger partial charge in [0.1, 0.15) is 11.3 Å². The van der Waals surface area contributed by atoms with Gasteiger partial charge in [-0.1, -0.05) is 17.2 Å². The van der Waals surface area contributed by atoms with Crippen LogP contribution in [0.1, 0.15) is 49.5 Å². The summed E-state index contributed by atoms with van der Waals surface area (Å²) in [5.41, 5.74) is 4.27. The number of carbonyl (C=O) groups is 2. The van der Waals surface area contributed by atoms with Gasteiger partial charge in [-0.05, 0) is 44.4 Å². The third-order valence-electron chi connectivity index (χ3n) is 6.36. The number of esters is 1. The quantitative estimate of drug-likeness (QED) is 0.372. The summed E-state index contributed by atoms with van der Waals surface area (Å²) in [4.78, 5) is 40.8. The van der Waals surface area contributed by atoms with E-state index in [4.69, 9.17) is 9.47 Å². The van der Waals surface area contributed by atoms with Crippen LogP contribution in [-0.4, -0.2) is 57.9 Å². The van der Waals surface area contributed by atoms with Gasteiger partial charge in [-0.25, -0.2) is 4.79 Å². The summed E-state index contributed by atoms with van der Waals surface area (Å²) in [5, 5.41) is 4.16. The second-order valence-corrected chi connectivity index (χ2v) is 9.20. The lowest BCUT2D eigenvalue weighted by Gasteiger charge is -2.20. The Morgan fingerprint density at radius 1 is 1.06 bits per heavy atom. The van der Waals surface area contributed by atoms with Crippen LogP contribution < -0.4 is 10.3 Å². The number of aryl methyl sites for hydroxylation is 4. The van der Waals surface area contributed by atoms with Crippen molar-refractivity contribution in [2.45, 2.75) is 39.7 Å². The van der Waals surface area contributed by atoms with Crippen molar-refractivity contribution in [1.29, 1.82) is 0 Å². The molecular weight excluding hydrogens is 460 g/mol. The van der Waals surface area contributed by atoms with E-state index in [1.54, 1.807) is 20.3 Å². The van der Waals surface area contributed by atoms with Gasteiger partial charge >= 0.3 is 5.97 Å². The monoisotopic (exact) mass is 492 g/mol. The maximum Gasteiger partial charge on any atom is 0.343 e. The van der Waals surface area contributed by atoms with Crippen molar-refractivity contribution in [2.75, 3.05) is 26.8 Å². The maximum atomic E-state index is 13.2. The van der Waals surface area contributed by atoms with Crippen LogP contribution in [0.3, 0.4) is 0 Å². The Morgan fingerprint density at radius 3 is 2.47 bits per heavy atom. The highest BCUT2D eigenvalue weighted by Crippen LogP contribution is 2.25. The highest BCUT2D eigenvalue weighted by atomic mass is 16.5. The lowest BCUT2D eigenvalue weighted by molar-refractivity contribution is 0.0593. The van der Waals surface area contributed by atoms with Crippen LogP contribution in [0.5, 0.6) is 5.75 Å². The molecule has 190 valence electrons. The minimum atomic E-state index is -0.560. The molecule has 0 N–H and O–H groups in total. The average Bonchev–Trinajstić information content (AvgIpc) is 3.12. The number of ether oxygens (including phenoxy) is 2. The number of nitrogens with zero attached hydrogens (tertiary/aromatic N) is 4. The van der Waals surface area contributed by atoms with Crippen LogP contribution in [0.15, 0.2) is 41.5 Å². The molecule has 0 saturated carbocycles. The zero-order chi connectivity index (χ0) is 25.8. The van der Waals surface area contributed by atoms with Crippen molar-refractivity contribution in [2.24, 2.45) is 7.05 Å². The van der Waals surface area contributed by atoms with E-state index in [-0.39, 0.29) is 29.3 Å². The number of aromatic nitrogens is 3. The van der Waals surface area contributed by atoms with Gasteiger partial charge in [-0.15, -0.1) is 0 Å². The molecule has 0 aliphatic carbocycles. The average molecular weight is 493 g/mol. The molecule has 9 nitrogen and oxygen atoms in total. The Kier molecular flexibility index (Phi) is 7.57. The molecule has 1 aliphatic heterocycles. The van der Waals surface area contributed by atoms with Gasteiger partial charge in [-0.2, -0.15) is 5.10 Å². The fourth-order valence-electron chi connectivity index (χ4n) is 4.73. The van der Waals surface area contributed by atoms with E-state index in [0.29, 0.717) is 43.8 Å². The van der Waals surface area contributed by atoms with Gasteiger partial charge in [0.2, 0.25) is 0 Å². The van der Waals surface area contributed by atoms with Gasteiger partial charge < -0.3 is 18.9 Å². The first kappa shape index (κ1) is 25.2. The largest absolute Gasteiger partial charge is 0.492 e. The second-order valence-electron chi connectivity index (χ2n) is 9.20. The molecule has 9 heteroatoms. The molecule has 1 aromatic carbocycles. The minimum Gasteiger partial charge on any atom is -0.492 e. The van der Waals surface area contributed by atoms with Crippen molar-refractivity contribution in [3.05, 3.63) is 80.5 Å².